The van der Waals surface area contributed by atoms with Crippen LogP contribution in [-0.2, 0) is 11.3 Å². The second-order valence-corrected chi connectivity index (χ2v) is 7.12. The highest BCUT2D eigenvalue weighted by Crippen LogP contribution is 2.30. The van der Waals surface area contributed by atoms with Gasteiger partial charge in [0.1, 0.15) is 33.7 Å². The molecule has 1 aromatic rings. The largest absolute Gasteiger partial charge is 0.493 e. The topological polar surface area (TPSA) is 40.0 Å². The van der Waals surface area contributed by atoms with Crippen LogP contribution in [0.5, 0.6) is 11.5 Å². The van der Waals surface area contributed by atoms with Gasteiger partial charge in [-0.25, -0.2) is 0 Å². The van der Waals surface area contributed by atoms with E-state index in [-0.39, 0.29) is 15.6 Å². The van der Waals surface area contributed by atoms with Gasteiger partial charge in [-0.15, -0.1) is 0 Å². The standard InChI is InChI=1S/C18H21Cl4NO3/c1-3-14-12-15(24-9-5-16(19)20)11-13(2)18(14)25-8-4-7-23-26-10-6-17(21)22/h5-7,11-12H,3-4,8-10H2,1-2H3/b23-7+. The lowest BCUT2D eigenvalue weighted by molar-refractivity contribution is 0.175. The molecule has 0 aliphatic heterocycles. The number of nitrogens with zero attached hydrogens (tertiary/aromatic N) is 1. The Morgan fingerprint density at radius 2 is 1.73 bits per heavy atom. The highest BCUT2D eigenvalue weighted by molar-refractivity contribution is 6.56. The van der Waals surface area contributed by atoms with E-state index in [1.165, 1.54) is 6.08 Å². The number of hydrogen-bond donors (Lipinski definition) is 0. The van der Waals surface area contributed by atoms with Gasteiger partial charge in [-0.1, -0.05) is 58.5 Å². The molecule has 0 aliphatic rings. The Kier molecular flexibility index (Phi) is 11.6. The van der Waals surface area contributed by atoms with Gasteiger partial charge in [0, 0.05) is 12.6 Å². The van der Waals surface area contributed by atoms with Crippen LogP contribution in [0.2, 0.25) is 0 Å². The van der Waals surface area contributed by atoms with E-state index in [1.54, 1.807) is 12.3 Å². The van der Waals surface area contributed by atoms with E-state index in [1.807, 2.05) is 19.1 Å². The number of halogens is 4. The summed E-state index contributed by atoms with van der Waals surface area (Å²) in [5, 5.41) is 3.79. The van der Waals surface area contributed by atoms with Gasteiger partial charge in [-0.2, -0.15) is 0 Å². The predicted molar refractivity (Wildman–Crippen MR) is 110 cm³/mol. The van der Waals surface area contributed by atoms with Gasteiger partial charge in [0.25, 0.3) is 0 Å². The van der Waals surface area contributed by atoms with E-state index >= 15 is 0 Å². The summed E-state index contributed by atoms with van der Waals surface area (Å²) in [6.07, 6.45) is 6.16. The maximum absolute atomic E-state index is 5.89. The summed E-state index contributed by atoms with van der Waals surface area (Å²) in [7, 11) is 0. The smallest absolute Gasteiger partial charge is 0.138 e. The van der Waals surface area contributed by atoms with Crippen LogP contribution < -0.4 is 9.47 Å². The first-order valence-corrected chi connectivity index (χ1v) is 9.50. The Balaban J connectivity index is 2.54. The molecule has 0 N–H and O–H groups in total. The fraction of sp³-hybridized carbons (Fsp3) is 0.389. The van der Waals surface area contributed by atoms with Gasteiger partial charge in [0.15, 0.2) is 0 Å². The molecule has 0 saturated carbocycles. The third-order valence-corrected chi connectivity index (χ3v) is 3.77. The molecule has 0 spiro atoms. The van der Waals surface area contributed by atoms with Gasteiger partial charge >= 0.3 is 0 Å². The van der Waals surface area contributed by atoms with E-state index in [4.69, 9.17) is 60.7 Å². The first kappa shape index (κ1) is 23.0. The van der Waals surface area contributed by atoms with E-state index in [9.17, 15) is 0 Å². The van der Waals surface area contributed by atoms with Crippen molar-refractivity contribution in [2.75, 3.05) is 19.8 Å². The lowest BCUT2D eigenvalue weighted by atomic mass is 10.1. The lowest BCUT2D eigenvalue weighted by Crippen LogP contribution is -2.04. The molecule has 0 atom stereocenters. The predicted octanol–water partition coefficient (Wildman–Crippen LogP) is 6.35. The third-order valence-electron chi connectivity index (χ3n) is 3.15. The van der Waals surface area contributed by atoms with Crippen LogP contribution >= 0.6 is 46.4 Å². The fourth-order valence-corrected chi connectivity index (χ4v) is 2.28. The number of oxime groups is 1. The maximum Gasteiger partial charge on any atom is 0.138 e. The zero-order valence-electron chi connectivity index (χ0n) is 14.6. The highest BCUT2D eigenvalue weighted by Gasteiger charge is 2.09. The zero-order valence-corrected chi connectivity index (χ0v) is 17.6. The summed E-state index contributed by atoms with van der Waals surface area (Å²) in [5.41, 5.74) is 2.06. The van der Waals surface area contributed by atoms with E-state index in [0.29, 0.717) is 19.6 Å². The number of ether oxygens (including phenoxy) is 2. The molecule has 0 aliphatic carbocycles. The number of rotatable bonds is 11. The van der Waals surface area contributed by atoms with Crippen LogP contribution in [0.4, 0.5) is 0 Å². The number of aryl methyl sites for hydroxylation is 2. The molecule has 0 aromatic heterocycles. The van der Waals surface area contributed by atoms with Gasteiger partial charge in [0.05, 0.1) is 6.61 Å². The fourth-order valence-electron chi connectivity index (χ4n) is 2.03. The van der Waals surface area contributed by atoms with Crippen molar-refractivity contribution >= 4 is 52.6 Å². The van der Waals surface area contributed by atoms with Crippen LogP contribution in [0.15, 0.2) is 38.4 Å². The molecule has 144 valence electrons. The number of benzene rings is 1. The molecule has 0 saturated heterocycles. The summed E-state index contributed by atoms with van der Waals surface area (Å²) < 4.78 is 11.9. The van der Waals surface area contributed by atoms with Crippen LogP contribution in [0.1, 0.15) is 24.5 Å². The second kappa shape index (κ2) is 13.2. The van der Waals surface area contributed by atoms with Gasteiger partial charge in [-0.3, -0.25) is 0 Å². The molecule has 26 heavy (non-hydrogen) atoms. The first-order valence-electron chi connectivity index (χ1n) is 7.99. The minimum atomic E-state index is 0.153. The maximum atomic E-state index is 5.89. The van der Waals surface area contributed by atoms with Crippen molar-refractivity contribution in [1.29, 1.82) is 0 Å². The Morgan fingerprint density at radius 3 is 2.38 bits per heavy atom. The molecule has 1 aromatic carbocycles. The SMILES string of the molecule is CCc1cc(OCC=C(Cl)Cl)cc(C)c1OCC/C=N/OCC=C(Cl)Cl. The molecular weight excluding hydrogens is 420 g/mol. The minimum Gasteiger partial charge on any atom is -0.493 e. The average Bonchev–Trinajstić information content (AvgIpc) is 2.57. The van der Waals surface area contributed by atoms with Gasteiger partial charge in [0.2, 0.25) is 0 Å². The second-order valence-electron chi connectivity index (χ2n) is 5.10. The van der Waals surface area contributed by atoms with Crippen LogP contribution in [-0.4, -0.2) is 26.0 Å². The summed E-state index contributed by atoms with van der Waals surface area (Å²) in [5.74, 6) is 1.61. The molecule has 0 fully saturated rings. The molecule has 0 radical (unpaired) electrons. The molecule has 0 heterocycles. The van der Waals surface area contributed by atoms with Crippen molar-refractivity contribution in [3.05, 3.63) is 44.4 Å². The molecule has 0 bridgehead atoms. The Bertz CT molecular complexity index is 652. The van der Waals surface area contributed by atoms with Crippen molar-refractivity contribution in [1.82, 2.24) is 0 Å². The lowest BCUT2D eigenvalue weighted by Gasteiger charge is -2.15. The first-order chi connectivity index (χ1) is 12.4. The van der Waals surface area contributed by atoms with Crippen molar-refractivity contribution in [3.63, 3.8) is 0 Å². The van der Waals surface area contributed by atoms with Gasteiger partial charge in [-0.05, 0) is 48.8 Å². The molecule has 8 heteroatoms. The van der Waals surface area contributed by atoms with Gasteiger partial charge < -0.3 is 14.3 Å². The monoisotopic (exact) mass is 439 g/mol. The summed E-state index contributed by atoms with van der Waals surface area (Å²) in [6, 6.07) is 3.88. The third kappa shape index (κ3) is 9.58. The molecule has 0 amide bonds. The van der Waals surface area contributed by atoms with E-state index in [2.05, 4.69) is 12.1 Å². The summed E-state index contributed by atoms with van der Waals surface area (Å²) in [6.45, 7) is 5.06. The quantitative estimate of drug-likeness (QED) is 0.229. The summed E-state index contributed by atoms with van der Waals surface area (Å²) in [4.78, 5) is 4.96. The van der Waals surface area contributed by atoms with Crippen molar-refractivity contribution < 1.29 is 14.3 Å². The molecular formula is C18H21Cl4NO3. The summed E-state index contributed by atoms with van der Waals surface area (Å²) >= 11 is 22.1. The van der Waals surface area contributed by atoms with Crippen molar-refractivity contribution in [2.45, 2.75) is 26.7 Å². The Morgan fingerprint density at radius 1 is 1.04 bits per heavy atom. The molecule has 4 nitrogen and oxygen atoms in total. The van der Waals surface area contributed by atoms with E-state index < -0.39 is 0 Å². The van der Waals surface area contributed by atoms with Crippen molar-refractivity contribution in [2.24, 2.45) is 5.16 Å². The van der Waals surface area contributed by atoms with Crippen LogP contribution in [0.3, 0.4) is 0 Å². The van der Waals surface area contributed by atoms with Crippen LogP contribution in [0, 0.1) is 6.92 Å². The Hall–Kier alpha value is -1.07. The van der Waals surface area contributed by atoms with Crippen LogP contribution in [0.25, 0.3) is 0 Å². The Labute approximate surface area is 174 Å². The molecule has 1 rings (SSSR count). The average molecular weight is 441 g/mol. The highest BCUT2D eigenvalue weighted by atomic mass is 35.5. The zero-order chi connectivity index (χ0) is 19.4. The van der Waals surface area contributed by atoms with Crippen molar-refractivity contribution in [3.8, 4) is 11.5 Å². The van der Waals surface area contributed by atoms with E-state index in [0.717, 1.165) is 29.0 Å². The minimum absolute atomic E-state index is 0.153. The molecule has 0 unspecified atom stereocenters. The normalized spacial score (nSPS) is 10.5. The number of hydrogen-bond acceptors (Lipinski definition) is 4.